The van der Waals surface area contributed by atoms with Crippen LogP contribution < -0.4 is 4.90 Å². The highest BCUT2D eigenvalue weighted by molar-refractivity contribution is 6.34. The van der Waals surface area contributed by atoms with Gasteiger partial charge >= 0.3 is 0 Å². The van der Waals surface area contributed by atoms with E-state index in [0.29, 0.717) is 23.0 Å². The van der Waals surface area contributed by atoms with Gasteiger partial charge in [-0.2, -0.15) is 5.10 Å². The fourth-order valence-electron chi connectivity index (χ4n) is 3.70. The SMILES string of the molecule is Cc1ncn(-c2ccc(C(=O)N3Cc4cccn4Cc4ccccc43)c(Cl)c2)n1. The predicted molar refractivity (Wildman–Crippen MR) is 112 cm³/mol. The molecule has 0 bridgehead atoms. The third-order valence-corrected chi connectivity index (χ3v) is 5.48. The molecule has 0 aliphatic carbocycles. The number of para-hydroxylation sites is 1. The number of halogens is 1. The molecule has 2 aromatic heterocycles. The molecule has 144 valence electrons. The first kappa shape index (κ1) is 17.7. The Balaban J connectivity index is 1.55. The predicted octanol–water partition coefficient (Wildman–Crippen LogP) is 4.24. The van der Waals surface area contributed by atoms with E-state index in [2.05, 4.69) is 20.7 Å². The topological polar surface area (TPSA) is 56.0 Å². The summed E-state index contributed by atoms with van der Waals surface area (Å²) in [5, 5.41) is 4.68. The largest absolute Gasteiger partial charge is 0.345 e. The maximum atomic E-state index is 13.5. The van der Waals surface area contributed by atoms with Crippen molar-refractivity contribution in [2.45, 2.75) is 20.0 Å². The molecule has 1 aliphatic rings. The molecular weight excluding hydrogens is 386 g/mol. The molecule has 0 radical (unpaired) electrons. The van der Waals surface area contributed by atoms with E-state index < -0.39 is 0 Å². The quantitative estimate of drug-likeness (QED) is 0.503. The van der Waals surface area contributed by atoms with Crippen LogP contribution >= 0.6 is 11.6 Å². The molecule has 0 spiro atoms. The smallest absolute Gasteiger partial charge is 0.260 e. The number of aryl methyl sites for hydroxylation is 1. The minimum Gasteiger partial charge on any atom is -0.345 e. The highest BCUT2D eigenvalue weighted by Gasteiger charge is 2.26. The Morgan fingerprint density at radius 1 is 1.07 bits per heavy atom. The molecule has 1 amide bonds. The van der Waals surface area contributed by atoms with Gasteiger partial charge in [0.05, 0.1) is 22.8 Å². The van der Waals surface area contributed by atoms with Crippen LogP contribution in [0.3, 0.4) is 0 Å². The lowest BCUT2D eigenvalue weighted by molar-refractivity contribution is 0.0985. The number of carbonyl (C=O) groups is 1. The van der Waals surface area contributed by atoms with Gasteiger partial charge in [0.25, 0.3) is 5.91 Å². The molecule has 7 heteroatoms. The number of nitrogens with zero attached hydrogens (tertiary/aromatic N) is 5. The van der Waals surface area contributed by atoms with Crippen molar-refractivity contribution >= 4 is 23.2 Å². The van der Waals surface area contributed by atoms with E-state index in [1.54, 1.807) is 28.0 Å². The summed E-state index contributed by atoms with van der Waals surface area (Å²) in [6.07, 6.45) is 3.67. The number of rotatable bonds is 2. The molecule has 0 atom stereocenters. The average molecular weight is 404 g/mol. The van der Waals surface area contributed by atoms with Crippen LogP contribution in [0.4, 0.5) is 5.69 Å². The highest BCUT2D eigenvalue weighted by atomic mass is 35.5. The van der Waals surface area contributed by atoms with Crippen molar-refractivity contribution in [1.29, 1.82) is 0 Å². The van der Waals surface area contributed by atoms with Gasteiger partial charge in [0.2, 0.25) is 0 Å². The molecule has 0 unspecified atom stereocenters. The van der Waals surface area contributed by atoms with Gasteiger partial charge in [-0.3, -0.25) is 4.79 Å². The maximum Gasteiger partial charge on any atom is 0.260 e. The second kappa shape index (κ2) is 6.90. The number of amides is 1. The number of aromatic nitrogens is 4. The van der Waals surface area contributed by atoms with Crippen LogP contribution in [0, 0.1) is 6.92 Å². The summed E-state index contributed by atoms with van der Waals surface area (Å²) in [6.45, 7) is 3.05. The summed E-state index contributed by atoms with van der Waals surface area (Å²) in [5.74, 6) is 0.545. The molecule has 0 saturated carbocycles. The minimum atomic E-state index is -0.126. The van der Waals surface area contributed by atoms with E-state index in [1.807, 2.05) is 49.5 Å². The summed E-state index contributed by atoms with van der Waals surface area (Å²) < 4.78 is 3.81. The average Bonchev–Trinajstić information content (AvgIpc) is 3.32. The van der Waals surface area contributed by atoms with E-state index in [0.717, 1.165) is 29.2 Å². The van der Waals surface area contributed by atoms with Gasteiger partial charge < -0.3 is 9.47 Å². The standard InChI is InChI=1S/C22H18ClN5O/c1-15-24-14-28(25-15)17-8-9-19(20(23)11-17)22(29)27-13-18-6-4-10-26(18)12-16-5-2-3-7-21(16)27/h2-11,14H,12-13H2,1H3. The second-order valence-corrected chi connectivity index (χ2v) is 7.46. The van der Waals surface area contributed by atoms with Crippen LogP contribution in [0.15, 0.2) is 67.1 Å². The fraction of sp³-hybridized carbons (Fsp3) is 0.136. The molecular formula is C22H18ClN5O. The van der Waals surface area contributed by atoms with Crippen LogP contribution in [0.1, 0.15) is 27.4 Å². The molecule has 1 aliphatic heterocycles. The maximum absolute atomic E-state index is 13.5. The van der Waals surface area contributed by atoms with Gasteiger partial charge in [-0.05, 0) is 48.9 Å². The molecule has 0 saturated heterocycles. The minimum absolute atomic E-state index is 0.126. The molecule has 3 heterocycles. The first-order valence-electron chi connectivity index (χ1n) is 9.32. The van der Waals surface area contributed by atoms with E-state index >= 15 is 0 Å². The number of hydrogen-bond donors (Lipinski definition) is 0. The van der Waals surface area contributed by atoms with Crippen LogP contribution in [0.5, 0.6) is 0 Å². The fourth-order valence-corrected chi connectivity index (χ4v) is 3.96. The Kier molecular flexibility index (Phi) is 4.21. The lowest BCUT2D eigenvalue weighted by Gasteiger charge is -2.23. The number of benzene rings is 2. The normalized spacial score (nSPS) is 13.0. The highest BCUT2D eigenvalue weighted by Crippen LogP contribution is 2.31. The van der Waals surface area contributed by atoms with Gasteiger partial charge in [-0.15, -0.1) is 0 Å². The lowest BCUT2D eigenvalue weighted by atomic mass is 10.1. The summed E-state index contributed by atoms with van der Waals surface area (Å²) >= 11 is 6.53. The van der Waals surface area contributed by atoms with Gasteiger partial charge in [0.1, 0.15) is 12.2 Å². The first-order valence-corrected chi connectivity index (χ1v) is 9.70. The molecule has 4 aromatic rings. The summed E-state index contributed by atoms with van der Waals surface area (Å²) in [7, 11) is 0. The van der Waals surface area contributed by atoms with Gasteiger partial charge in [-0.1, -0.05) is 29.8 Å². The molecule has 6 nitrogen and oxygen atoms in total. The number of anilines is 1. The van der Waals surface area contributed by atoms with Crippen molar-refractivity contribution < 1.29 is 4.79 Å². The van der Waals surface area contributed by atoms with Gasteiger partial charge in [0.15, 0.2) is 0 Å². The van der Waals surface area contributed by atoms with Crippen molar-refractivity contribution in [3.63, 3.8) is 0 Å². The summed E-state index contributed by atoms with van der Waals surface area (Å²) in [5.41, 5.74) is 4.31. The van der Waals surface area contributed by atoms with Crippen molar-refractivity contribution in [3.8, 4) is 5.69 Å². The first-order chi connectivity index (χ1) is 14.1. The zero-order valence-electron chi connectivity index (χ0n) is 15.8. The molecule has 5 rings (SSSR count). The molecule has 2 aromatic carbocycles. The summed E-state index contributed by atoms with van der Waals surface area (Å²) in [6, 6.07) is 17.4. The number of carbonyl (C=O) groups excluding carboxylic acids is 1. The zero-order chi connectivity index (χ0) is 20.0. The van der Waals surface area contributed by atoms with E-state index in [1.165, 1.54) is 0 Å². The van der Waals surface area contributed by atoms with E-state index in [4.69, 9.17) is 11.6 Å². The number of hydrogen-bond acceptors (Lipinski definition) is 3. The molecule has 29 heavy (non-hydrogen) atoms. The lowest BCUT2D eigenvalue weighted by Crippen LogP contribution is -2.30. The molecule has 0 N–H and O–H groups in total. The van der Waals surface area contributed by atoms with Crippen molar-refractivity contribution in [1.82, 2.24) is 19.3 Å². The Hall–Kier alpha value is -3.38. The van der Waals surface area contributed by atoms with Crippen molar-refractivity contribution in [3.05, 3.63) is 94.8 Å². The van der Waals surface area contributed by atoms with Crippen LogP contribution in [-0.4, -0.2) is 25.2 Å². The Bertz CT molecular complexity index is 1230. The van der Waals surface area contributed by atoms with Crippen LogP contribution in [0.25, 0.3) is 5.69 Å². The summed E-state index contributed by atoms with van der Waals surface area (Å²) in [4.78, 5) is 19.5. The third kappa shape index (κ3) is 3.11. The zero-order valence-corrected chi connectivity index (χ0v) is 16.5. The van der Waals surface area contributed by atoms with Gasteiger partial charge in [-0.25, -0.2) is 9.67 Å². The van der Waals surface area contributed by atoms with Crippen molar-refractivity contribution in [2.24, 2.45) is 0 Å². The monoisotopic (exact) mass is 403 g/mol. The second-order valence-electron chi connectivity index (χ2n) is 7.05. The van der Waals surface area contributed by atoms with E-state index in [-0.39, 0.29) is 5.91 Å². The van der Waals surface area contributed by atoms with Crippen LogP contribution in [-0.2, 0) is 13.1 Å². The van der Waals surface area contributed by atoms with E-state index in [9.17, 15) is 4.79 Å². The molecule has 0 fully saturated rings. The number of fused-ring (bicyclic) bond motifs is 2. The Morgan fingerprint density at radius 2 is 1.93 bits per heavy atom. The van der Waals surface area contributed by atoms with Crippen LogP contribution in [0.2, 0.25) is 5.02 Å². The third-order valence-electron chi connectivity index (χ3n) is 5.17. The van der Waals surface area contributed by atoms with Gasteiger partial charge in [0, 0.05) is 24.1 Å². The Morgan fingerprint density at radius 3 is 2.72 bits per heavy atom. The van der Waals surface area contributed by atoms with Crippen molar-refractivity contribution in [2.75, 3.05) is 4.90 Å². The Labute approximate surface area is 173 Å².